The molecule has 0 atom stereocenters. The van der Waals surface area contributed by atoms with E-state index < -0.39 is 6.43 Å². The number of nitrogens with zero attached hydrogens (tertiary/aromatic N) is 3. The van der Waals surface area contributed by atoms with Crippen molar-refractivity contribution in [1.82, 2.24) is 15.3 Å². The fourth-order valence-corrected chi connectivity index (χ4v) is 2.20. The number of nitrogen functional groups attached to an aromatic ring is 1. The van der Waals surface area contributed by atoms with Crippen LogP contribution >= 0.6 is 0 Å². The molecule has 1 aromatic carbocycles. The molecule has 0 bridgehead atoms. The quantitative estimate of drug-likeness (QED) is 0.802. The van der Waals surface area contributed by atoms with Crippen LogP contribution in [0.1, 0.15) is 28.8 Å². The van der Waals surface area contributed by atoms with Crippen molar-refractivity contribution < 1.29 is 13.4 Å². The van der Waals surface area contributed by atoms with Gasteiger partial charge in [0.1, 0.15) is 0 Å². The van der Waals surface area contributed by atoms with Gasteiger partial charge in [-0.3, -0.25) is 0 Å². The highest BCUT2D eigenvalue weighted by molar-refractivity contribution is 5.85. The first-order valence-corrected chi connectivity index (χ1v) is 6.30. The molecule has 3 aromatic rings. The van der Waals surface area contributed by atoms with E-state index in [1.807, 2.05) is 6.92 Å². The summed E-state index contributed by atoms with van der Waals surface area (Å²) in [5, 5.41) is 7.39. The molecule has 0 saturated carbocycles. The summed E-state index contributed by atoms with van der Waals surface area (Å²) in [6, 6.07) is 6.14. The number of rotatable bonds is 3. The molecular weight excluding hydrogens is 278 g/mol. The zero-order valence-electron chi connectivity index (χ0n) is 11.2. The number of benzene rings is 1. The molecular formula is C14H12F2N4O. The third-order valence-corrected chi connectivity index (χ3v) is 3.37. The van der Waals surface area contributed by atoms with Gasteiger partial charge in [0.2, 0.25) is 5.65 Å². The number of aryl methyl sites for hydroxylation is 1. The number of nitrogens with two attached hydrogens (primary N) is 1. The number of halogens is 2. The Balaban J connectivity index is 1.97. The van der Waals surface area contributed by atoms with E-state index in [0.717, 1.165) is 11.1 Å². The van der Waals surface area contributed by atoms with Crippen LogP contribution in [0.15, 0.2) is 28.9 Å². The second-order valence-corrected chi connectivity index (χ2v) is 4.74. The lowest BCUT2D eigenvalue weighted by Crippen LogP contribution is -2.02. The Morgan fingerprint density at radius 3 is 2.57 bits per heavy atom. The third-order valence-electron chi connectivity index (χ3n) is 3.37. The highest BCUT2D eigenvalue weighted by atomic mass is 19.3. The van der Waals surface area contributed by atoms with Crippen molar-refractivity contribution in [3.8, 4) is 0 Å². The van der Waals surface area contributed by atoms with Gasteiger partial charge in [0.05, 0.1) is 5.69 Å². The summed E-state index contributed by atoms with van der Waals surface area (Å²) in [5.74, 6) is 0. The number of aromatic nitrogens is 3. The number of fused-ring (bicyclic) bond motifs is 1. The maximum absolute atomic E-state index is 12.5. The summed E-state index contributed by atoms with van der Waals surface area (Å²) in [4.78, 5) is 4.27. The molecule has 0 aliphatic rings. The molecule has 3 rings (SSSR count). The minimum atomic E-state index is -2.47. The minimum Gasteiger partial charge on any atom is -0.396 e. The maximum atomic E-state index is 12.5. The van der Waals surface area contributed by atoms with Crippen molar-refractivity contribution in [2.24, 2.45) is 0 Å². The lowest BCUT2D eigenvalue weighted by Gasteiger charge is -2.09. The summed E-state index contributed by atoms with van der Waals surface area (Å²) < 4.78 is 29.7. The van der Waals surface area contributed by atoms with E-state index in [2.05, 4.69) is 19.9 Å². The van der Waals surface area contributed by atoms with Gasteiger partial charge < -0.3 is 5.73 Å². The van der Waals surface area contributed by atoms with E-state index in [1.165, 1.54) is 12.1 Å². The molecule has 0 saturated heterocycles. The standard InChI is InChI=1S/C14H12F2N4O/c1-7-10(11(17)12-14(18-7)20-21-19-12)6-8-2-4-9(5-3-8)13(15)16/h2-5,13H,6,17H2,1H3. The first-order valence-electron chi connectivity index (χ1n) is 6.30. The first kappa shape index (κ1) is 13.4. The van der Waals surface area contributed by atoms with E-state index in [-0.39, 0.29) is 5.56 Å². The average Bonchev–Trinajstić information content (AvgIpc) is 2.92. The summed E-state index contributed by atoms with van der Waals surface area (Å²) in [6.45, 7) is 1.81. The van der Waals surface area contributed by atoms with Gasteiger partial charge >= 0.3 is 0 Å². The van der Waals surface area contributed by atoms with Crippen molar-refractivity contribution in [1.29, 1.82) is 0 Å². The summed E-state index contributed by atoms with van der Waals surface area (Å²) in [7, 11) is 0. The third kappa shape index (κ3) is 2.42. The maximum Gasteiger partial charge on any atom is 0.263 e. The molecule has 2 aromatic heterocycles. The highest BCUT2D eigenvalue weighted by Gasteiger charge is 2.15. The van der Waals surface area contributed by atoms with Crippen LogP contribution < -0.4 is 5.73 Å². The molecule has 108 valence electrons. The van der Waals surface area contributed by atoms with Crippen LogP contribution in [0.2, 0.25) is 0 Å². The van der Waals surface area contributed by atoms with Crippen molar-refractivity contribution in [2.45, 2.75) is 19.8 Å². The van der Waals surface area contributed by atoms with E-state index >= 15 is 0 Å². The number of pyridine rings is 1. The van der Waals surface area contributed by atoms with Crippen LogP contribution in [0.25, 0.3) is 11.2 Å². The van der Waals surface area contributed by atoms with E-state index in [0.29, 0.717) is 29.0 Å². The summed E-state index contributed by atoms with van der Waals surface area (Å²) >= 11 is 0. The smallest absolute Gasteiger partial charge is 0.263 e. The Morgan fingerprint density at radius 1 is 1.19 bits per heavy atom. The van der Waals surface area contributed by atoms with Crippen LogP contribution in [-0.2, 0) is 6.42 Å². The molecule has 2 heterocycles. The van der Waals surface area contributed by atoms with Gasteiger partial charge in [-0.1, -0.05) is 24.3 Å². The highest BCUT2D eigenvalue weighted by Crippen LogP contribution is 2.26. The van der Waals surface area contributed by atoms with Crippen molar-refractivity contribution in [3.05, 3.63) is 46.6 Å². The van der Waals surface area contributed by atoms with Gasteiger partial charge in [-0.25, -0.2) is 18.4 Å². The first-order chi connectivity index (χ1) is 10.1. The summed E-state index contributed by atoms with van der Waals surface area (Å²) in [6.07, 6.45) is -1.98. The van der Waals surface area contributed by atoms with Crippen LogP contribution in [0.5, 0.6) is 0 Å². The zero-order valence-corrected chi connectivity index (χ0v) is 11.2. The van der Waals surface area contributed by atoms with Gasteiger partial charge in [0, 0.05) is 23.2 Å². The number of hydrogen-bond donors (Lipinski definition) is 1. The predicted octanol–water partition coefficient (Wildman–Crippen LogP) is 3.04. The van der Waals surface area contributed by atoms with Crippen LogP contribution in [0, 0.1) is 6.92 Å². The number of anilines is 1. The van der Waals surface area contributed by atoms with Crippen LogP contribution in [-0.4, -0.2) is 15.3 Å². The Labute approximate surface area is 118 Å². The molecule has 5 nitrogen and oxygen atoms in total. The van der Waals surface area contributed by atoms with Gasteiger partial charge in [0.25, 0.3) is 6.43 Å². The lowest BCUT2D eigenvalue weighted by atomic mass is 10.0. The predicted molar refractivity (Wildman–Crippen MR) is 73.0 cm³/mol. The van der Waals surface area contributed by atoms with Gasteiger partial charge in [-0.15, -0.1) is 0 Å². The largest absolute Gasteiger partial charge is 0.396 e. The molecule has 0 amide bonds. The number of alkyl halides is 2. The monoisotopic (exact) mass is 290 g/mol. The molecule has 0 unspecified atom stereocenters. The van der Waals surface area contributed by atoms with Crippen LogP contribution in [0.3, 0.4) is 0 Å². The van der Waals surface area contributed by atoms with Crippen molar-refractivity contribution in [3.63, 3.8) is 0 Å². The Morgan fingerprint density at radius 2 is 1.90 bits per heavy atom. The fraction of sp³-hybridized carbons (Fsp3) is 0.214. The van der Waals surface area contributed by atoms with Crippen LogP contribution in [0.4, 0.5) is 14.5 Å². The summed E-state index contributed by atoms with van der Waals surface area (Å²) in [5.41, 5.74) is 9.68. The second-order valence-electron chi connectivity index (χ2n) is 4.74. The topological polar surface area (TPSA) is 77.8 Å². The normalized spacial score (nSPS) is 11.4. The molecule has 2 N–H and O–H groups in total. The van der Waals surface area contributed by atoms with Gasteiger partial charge in [-0.05, 0) is 22.8 Å². The molecule has 0 aliphatic carbocycles. The fourth-order valence-electron chi connectivity index (χ4n) is 2.20. The molecule has 21 heavy (non-hydrogen) atoms. The average molecular weight is 290 g/mol. The number of hydrogen-bond acceptors (Lipinski definition) is 5. The van der Waals surface area contributed by atoms with E-state index in [4.69, 9.17) is 5.73 Å². The van der Waals surface area contributed by atoms with Crippen molar-refractivity contribution in [2.75, 3.05) is 5.73 Å². The molecule has 0 radical (unpaired) electrons. The molecule has 0 spiro atoms. The van der Waals surface area contributed by atoms with E-state index in [1.54, 1.807) is 12.1 Å². The molecule has 0 fully saturated rings. The van der Waals surface area contributed by atoms with Gasteiger partial charge in [0.15, 0.2) is 5.52 Å². The SMILES string of the molecule is Cc1nc2nonc2c(N)c1Cc1ccc(C(F)F)cc1. The minimum absolute atomic E-state index is 0.00211. The Kier molecular flexibility index (Phi) is 3.25. The Hall–Kier alpha value is -2.57. The Bertz CT molecular complexity index is 784. The second kappa shape index (κ2) is 5.08. The zero-order chi connectivity index (χ0) is 15.0. The van der Waals surface area contributed by atoms with E-state index in [9.17, 15) is 8.78 Å². The lowest BCUT2D eigenvalue weighted by molar-refractivity contribution is 0.151. The van der Waals surface area contributed by atoms with Crippen molar-refractivity contribution >= 4 is 16.9 Å². The molecule has 7 heteroatoms. The molecule has 0 aliphatic heterocycles. The van der Waals surface area contributed by atoms with Gasteiger partial charge in [-0.2, -0.15) is 0 Å².